The van der Waals surface area contributed by atoms with Crippen molar-refractivity contribution < 1.29 is 63.0 Å². The van der Waals surface area contributed by atoms with Crippen molar-refractivity contribution in [2.75, 3.05) is 13.2 Å². The van der Waals surface area contributed by atoms with Gasteiger partial charge in [0, 0.05) is 31.3 Å². The van der Waals surface area contributed by atoms with E-state index in [9.17, 15) is 57.8 Å². The lowest BCUT2D eigenvalue weighted by Gasteiger charge is -2.32. The van der Waals surface area contributed by atoms with Gasteiger partial charge in [0.05, 0.1) is 19.4 Å². The summed E-state index contributed by atoms with van der Waals surface area (Å²) in [5.74, 6) is -10.7. The number of carboxylic acids is 1. The molecular formula is C45H70N10O13. The molecule has 378 valence electrons. The van der Waals surface area contributed by atoms with Gasteiger partial charge in [0.2, 0.25) is 59.1 Å². The first-order valence-corrected chi connectivity index (χ1v) is 22.6. The molecule has 0 spiro atoms. The number of benzene rings is 1. The Bertz CT molecular complexity index is 1980. The highest BCUT2D eigenvalue weighted by Gasteiger charge is 2.41. The Balaban J connectivity index is 2.40. The summed E-state index contributed by atoms with van der Waals surface area (Å²) in [7, 11) is 0. The predicted molar refractivity (Wildman–Crippen MR) is 245 cm³/mol. The van der Waals surface area contributed by atoms with Crippen molar-refractivity contribution in [3.8, 4) is 0 Å². The lowest BCUT2D eigenvalue weighted by molar-refractivity contribution is -0.143. The lowest BCUT2D eigenvalue weighted by Crippen LogP contribution is -2.61. The normalized spacial score (nSPS) is 16.6. The number of hydrogen-bond acceptors (Lipinski definition) is 12. The molecule has 23 nitrogen and oxygen atoms in total. The molecule has 68 heavy (non-hydrogen) atoms. The van der Waals surface area contributed by atoms with Crippen LogP contribution in [0.3, 0.4) is 0 Å². The van der Waals surface area contributed by atoms with E-state index in [1.165, 1.54) is 4.90 Å². The minimum atomic E-state index is -1.78. The van der Waals surface area contributed by atoms with E-state index in [1.54, 1.807) is 44.2 Å². The van der Waals surface area contributed by atoms with Gasteiger partial charge >= 0.3 is 5.97 Å². The van der Waals surface area contributed by atoms with E-state index < -0.39 is 158 Å². The van der Waals surface area contributed by atoms with Crippen molar-refractivity contribution in [1.29, 1.82) is 0 Å². The zero-order valence-electron chi connectivity index (χ0n) is 39.8. The third-order valence-corrected chi connectivity index (χ3v) is 11.0. The van der Waals surface area contributed by atoms with E-state index in [4.69, 9.17) is 16.6 Å². The molecule has 2 rings (SSSR count). The third-order valence-electron chi connectivity index (χ3n) is 11.0. The Morgan fingerprint density at radius 3 is 1.82 bits per heavy atom. The number of carboxylic acid groups (broad SMARTS) is 1. The molecular weight excluding hydrogens is 889 g/mol. The molecule has 10 amide bonds. The van der Waals surface area contributed by atoms with Crippen LogP contribution in [0.15, 0.2) is 30.3 Å². The van der Waals surface area contributed by atoms with Crippen molar-refractivity contribution in [3.63, 3.8) is 0 Å². The maximum Gasteiger partial charge on any atom is 0.303 e. The third kappa shape index (κ3) is 19.3. The number of primary amides is 2. The molecule has 0 bridgehead atoms. The smallest absolute Gasteiger partial charge is 0.303 e. The minimum absolute atomic E-state index is 0.105. The van der Waals surface area contributed by atoms with Crippen molar-refractivity contribution in [2.45, 2.75) is 154 Å². The maximum atomic E-state index is 14.5. The first-order chi connectivity index (χ1) is 31.8. The fraction of sp³-hybridized carbons (Fsp3) is 0.622. The number of aliphatic carboxylic acids is 1. The van der Waals surface area contributed by atoms with Crippen LogP contribution in [0.2, 0.25) is 0 Å². The summed E-state index contributed by atoms with van der Waals surface area (Å²) < 4.78 is 0. The van der Waals surface area contributed by atoms with Gasteiger partial charge in [-0.3, -0.25) is 52.7 Å². The largest absolute Gasteiger partial charge is 0.481 e. The van der Waals surface area contributed by atoms with Crippen molar-refractivity contribution in [1.82, 2.24) is 42.1 Å². The average molecular weight is 959 g/mol. The number of amides is 10. The van der Waals surface area contributed by atoms with Gasteiger partial charge in [-0.15, -0.1) is 0 Å². The van der Waals surface area contributed by atoms with Gasteiger partial charge < -0.3 is 63.8 Å². The fourth-order valence-electron chi connectivity index (χ4n) is 7.19. The van der Waals surface area contributed by atoms with Crippen LogP contribution in [0.25, 0.3) is 0 Å². The maximum absolute atomic E-state index is 14.5. The molecule has 1 aliphatic rings. The molecule has 1 aliphatic heterocycles. The van der Waals surface area contributed by atoms with Crippen molar-refractivity contribution >= 4 is 65.0 Å². The minimum Gasteiger partial charge on any atom is -0.481 e. The standard InChI is InChI=1S/C45H70N10O13/c1-8-25(4)37(43(67)54-45(5,6)7)53-41(65)31-15-12-20-55(31)44(68)29(21-26-13-10-9-11-14-26)50-39(63)28(22-33(47)58)49-38(62)27(16-17-32(46)57)48-40(64)30(23-56)51-42(66)36(24(2)3)52-34(59)18-19-35(60)61/h9-11,13-14,24-25,27-31,36-37,56H,8,12,15-23H2,1-7H3,(H2,46,57)(H2,47,58)(H,48,64)(H,49,62)(H,50,63)(H,51,66)(H,52,59)(H,53,65)(H,54,67)(H,60,61)/t25-,27-,28-,29-,30-,31-,36-,37?/m0/s1. The number of aliphatic hydroxyl groups excluding tert-OH is 1. The molecule has 1 aromatic carbocycles. The van der Waals surface area contributed by atoms with E-state index in [0.717, 1.165) is 0 Å². The number of carbonyl (C=O) groups is 11. The topological polar surface area (TPSA) is 368 Å². The molecule has 23 heteroatoms. The second-order valence-corrected chi connectivity index (χ2v) is 18.3. The Morgan fingerprint density at radius 2 is 1.28 bits per heavy atom. The van der Waals surface area contributed by atoms with Crippen LogP contribution < -0.4 is 48.7 Å². The molecule has 0 saturated carbocycles. The van der Waals surface area contributed by atoms with Gasteiger partial charge in [0.1, 0.15) is 42.3 Å². The highest BCUT2D eigenvalue weighted by Crippen LogP contribution is 2.21. The number of likely N-dealkylation sites (tertiary alicyclic amines) is 1. The van der Waals surface area contributed by atoms with Gasteiger partial charge in [-0.1, -0.05) is 64.4 Å². The number of aliphatic hydroxyl groups is 1. The fourth-order valence-corrected chi connectivity index (χ4v) is 7.19. The van der Waals surface area contributed by atoms with Gasteiger partial charge in [-0.05, 0) is 57.4 Å². The molecule has 1 heterocycles. The van der Waals surface area contributed by atoms with Crippen LogP contribution in [-0.4, -0.2) is 141 Å². The molecule has 1 saturated heterocycles. The number of hydrogen-bond donors (Lipinski definition) is 11. The number of nitrogens with one attached hydrogen (secondary N) is 7. The van der Waals surface area contributed by atoms with Gasteiger partial charge in [-0.25, -0.2) is 0 Å². The van der Waals surface area contributed by atoms with Crippen molar-refractivity contribution in [3.05, 3.63) is 35.9 Å². The van der Waals surface area contributed by atoms with Crippen LogP contribution >= 0.6 is 0 Å². The summed E-state index contributed by atoms with van der Waals surface area (Å²) in [6.45, 7) is 11.3. The number of nitrogens with zero attached hydrogens (tertiary/aromatic N) is 1. The zero-order chi connectivity index (χ0) is 51.5. The SMILES string of the molecule is CC[C@H](C)C(NC(=O)[C@@H]1CCCN1C(=O)[C@H](Cc1ccccc1)NC(=O)[C@H](CC(N)=O)NC(=O)[C@H](CCC(N)=O)NC(=O)[C@H](CO)NC(=O)[C@@H](NC(=O)CCC(=O)O)C(C)C)C(=O)NC(C)(C)C. The quantitative estimate of drug-likeness (QED) is 0.0444. The van der Waals surface area contributed by atoms with Crippen LogP contribution in [0, 0.1) is 11.8 Å². The molecule has 0 aromatic heterocycles. The van der Waals surface area contributed by atoms with Crippen LogP contribution in [0.1, 0.15) is 105 Å². The zero-order valence-corrected chi connectivity index (χ0v) is 39.8. The lowest BCUT2D eigenvalue weighted by atomic mass is 9.96. The predicted octanol–water partition coefficient (Wildman–Crippen LogP) is -2.26. The van der Waals surface area contributed by atoms with E-state index in [1.807, 2.05) is 34.6 Å². The summed E-state index contributed by atoms with van der Waals surface area (Å²) >= 11 is 0. The molecule has 8 atom stereocenters. The molecule has 0 aliphatic carbocycles. The second kappa shape index (κ2) is 27.2. The second-order valence-electron chi connectivity index (χ2n) is 18.3. The Kier molecular flexibility index (Phi) is 23.0. The summed E-state index contributed by atoms with van der Waals surface area (Å²) in [6, 6.07) is -1.25. The van der Waals surface area contributed by atoms with Crippen LogP contribution in [0.4, 0.5) is 0 Å². The van der Waals surface area contributed by atoms with Crippen molar-refractivity contribution in [2.24, 2.45) is 23.3 Å². The average Bonchev–Trinajstić information content (AvgIpc) is 3.75. The van der Waals surface area contributed by atoms with E-state index >= 15 is 0 Å². The highest BCUT2D eigenvalue weighted by molar-refractivity contribution is 5.99. The summed E-state index contributed by atoms with van der Waals surface area (Å²) in [5, 5.41) is 36.6. The number of rotatable bonds is 27. The van der Waals surface area contributed by atoms with Crippen LogP contribution in [-0.2, 0) is 59.2 Å². The summed E-state index contributed by atoms with van der Waals surface area (Å²) in [5.41, 5.74) is 10.8. The first-order valence-electron chi connectivity index (χ1n) is 22.6. The summed E-state index contributed by atoms with van der Waals surface area (Å²) in [6.07, 6.45) is -1.60. The molecule has 0 radical (unpaired) electrons. The number of nitrogens with two attached hydrogens (primary N) is 2. The van der Waals surface area contributed by atoms with Gasteiger partial charge in [0.15, 0.2) is 0 Å². The molecule has 1 aromatic rings. The summed E-state index contributed by atoms with van der Waals surface area (Å²) in [4.78, 5) is 145. The molecule has 1 fully saturated rings. The Hall–Kier alpha value is -6.65. The Morgan fingerprint density at radius 1 is 0.706 bits per heavy atom. The van der Waals surface area contributed by atoms with Gasteiger partial charge in [0.25, 0.3) is 0 Å². The van der Waals surface area contributed by atoms with Crippen LogP contribution in [0.5, 0.6) is 0 Å². The number of carbonyl (C=O) groups excluding carboxylic acids is 10. The Labute approximate surface area is 395 Å². The highest BCUT2D eigenvalue weighted by atomic mass is 16.4. The monoisotopic (exact) mass is 959 g/mol. The molecule has 13 N–H and O–H groups in total. The van der Waals surface area contributed by atoms with E-state index in [2.05, 4.69) is 37.2 Å². The first kappa shape index (κ1) is 57.5. The van der Waals surface area contributed by atoms with E-state index in [0.29, 0.717) is 18.4 Å². The van der Waals surface area contributed by atoms with Gasteiger partial charge in [-0.2, -0.15) is 0 Å². The molecule has 1 unspecified atom stereocenters. The van der Waals surface area contributed by atoms with E-state index in [-0.39, 0.29) is 25.3 Å².